The predicted octanol–water partition coefficient (Wildman–Crippen LogP) is 4.17. The molecule has 0 aliphatic heterocycles. The number of methoxy groups -OCH3 is 1. The fourth-order valence-electron chi connectivity index (χ4n) is 2.35. The third kappa shape index (κ3) is 3.40. The zero-order valence-electron chi connectivity index (χ0n) is 12.6. The molecule has 2 heteroatoms. The van der Waals surface area contributed by atoms with E-state index in [4.69, 9.17) is 4.74 Å². The van der Waals surface area contributed by atoms with Gasteiger partial charge in [0.05, 0.1) is 7.11 Å². The standard InChI is InChI=1S/C18H23NO/c1-4-11-19-13-15-10-9-14(2)17(12-15)16-7-5-6-8-18(16)20-3/h5-10,12,19H,4,11,13H2,1-3H3. The molecule has 0 aromatic heterocycles. The van der Waals surface area contributed by atoms with Gasteiger partial charge in [-0.2, -0.15) is 0 Å². The molecule has 0 bridgehead atoms. The third-order valence-corrected chi connectivity index (χ3v) is 3.46. The monoisotopic (exact) mass is 269 g/mol. The smallest absolute Gasteiger partial charge is 0.126 e. The second-order valence-corrected chi connectivity index (χ2v) is 5.03. The number of benzene rings is 2. The number of rotatable bonds is 6. The van der Waals surface area contributed by atoms with Crippen molar-refractivity contribution in [1.29, 1.82) is 0 Å². The van der Waals surface area contributed by atoms with Crippen LogP contribution in [-0.2, 0) is 6.54 Å². The minimum Gasteiger partial charge on any atom is -0.496 e. The van der Waals surface area contributed by atoms with Gasteiger partial charge in [-0.25, -0.2) is 0 Å². The minimum absolute atomic E-state index is 0.913. The molecule has 2 aromatic rings. The van der Waals surface area contributed by atoms with E-state index in [0.717, 1.165) is 30.8 Å². The predicted molar refractivity (Wildman–Crippen MR) is 85.2 cm³/mol. The average molecular weight is 269 g/mol. The largest absolute Gasteiger partial charge is 0.496 e. The van der Waals surface area contributed by atoms with Crippen molar-refractivity contribution in [3.05, 3.63) is 53.6 Å². The van der Waals surface area contributed by atoms with Gasteiger partial charge in [-0.3, -0.25) is 0 Å². The Morgan fingerprint density at radius 3 is 2.60 bits per heavy atom. The summed E-state index contributed by atoms with van der Waals surface area (Å²) in [4.78, 5) is 0. The van der Waals surface area contributed by atoms with Gasteiger partial charge >= 0.3 is 0 Å². The molecule has 0 saturated carbocycles. The molecular formula is C18H23NO. The summed E-state index contributed by atoms with van der Waals surface area (Å²) >= 11 is 0. The molecule has 106 valence electrons. The molecule has 0 heterocycles. The Kier molecular flexibility index (Phi) is 5.19. The highest BCUT2D eigenvalue weighted by Gasteiger charge is 2.08. The lowest BCUT2D eigenvalue weighted by Crippen LogP contribution is -2.13. The number of aryl methyl sites for hydroxylation is 1. The summed E-state index contributed by atoms with van der Waals surface area (Å²) < 4.78 is 5.48. The van der Waals surface area contributed by atoms with E-state index in [-0.39, 0.29) is 0 Å². The molecule has 0 saturated heterocycles. The molecule has 1 N–H and O–H groups in total. The van der Waals surface area contributed by atoms with Gasteiger partial charge in [0.2, 0.25) is 0 Å². The lowest BCUT2D eigenvalue weighted by molar-refractivity contribution is 0.416. The first-order valence-electron chi connectivity index (χ1n) is 7.20. The second kappa shape index (κ2) is 7.11. The van der Waals surface area contributed by atoms with Gasteiger partial charge in [0.25, 0.3) is 0 Å². The first-order valence-corrected chi connectivity index (χ1v) is 7.20. The van der Waals surface area contributed by atoms with Crippen molar-refractivity contribution in [1.82, 2.24) is 5.32 Å². The molecule has 2 nitrogen and oxygen atoms in total. The maximum atomic E-state index is 5.48. The summed E-state index contributed by atoms with van der Waals surface area (Å²) in [5.74, 6) is 0.925. The van der Waals surface area contributed by atoms with E-state index in [1.54, 1.807) is 7.11 Å². The van der Waals surface area contributed by atoms with Gasteiger partial charge in [0.15, 0.2) is 0 Å². The molecule has 0 unspecified atom stereocenters. The average Bonchev–Trinajstić information content (AvgIpc) is 2.49. The highest BCUT2D eigenvalue weighted by Crippen LogP contribution is 2.32. The van der Waals surface area contributed by atoms with Crippen molar-refractivity contribution in [3.63, 3.8) is 0 Å². The van der Waals surface area contributed by atoms with E-state index in [2.05, 4.69) is 49.5 Å². The Labute approximate surface area is 121 Å². The second-order valence-electron chi connectivity index (χ2n) is 5.03. The number of hydrogen-bond acceptors (Lipinski definition) is 2. The van der Waals surface area contributed by atoms with Gasteiger partial charge in [-0.05, 0) is 48.7 Å². The van der Waals surface area contributed by atoms with Gasteiger partial charge in [-0.15, -0.1) is 0 Å². The Morgan fingerprint density at radius 2 is 1.85 bits per heavy atom. The third-order valence-electron chi connectivity index (χ3n) is 3.46. The summed E-state index contributed by atoms with van der Waals surface area (Å²) in [5, 5.41) is 3.45. The number of nitrogens with one attached hydrogen (secondary N) is 1. The van der Waals surface area contributed by atoms with Crippen molar-refractivity contribution in [3.8, 4) is 16.9 Å². The molecule has 0 fully saturated rings. The van der Waals surface area contributed by atoms with E-state index in [9.17, 15) is 0 Å². The zero-order chi connectivity index (χ0) is 14.4. The van der Waals surface area contributed by atoms with Crippen LogP contribution < -0.4 is 10.1 Å². The Hall–Kier alpha value is -1.80. The lowest BCUT2D eigenvalue weighted by atomic mass is 9.97. The summed E-state index contributed by atoms with van der Waals surface area (Å²) in [6, 6.07) is 14.8. The molecule has 0 radical (unpaired) electrons. The van der Waals surface area contributed by atoms with Crippen LogP contribution in [0, 0.1) is 6.92 Å². The van der Waals surface area contributed by atoms with E-state index >= 15 is 0 Å². The van der Waals surface area contributed by atoms with Crippen LogP contribution in [0.5, 0.6) is 5.75 Å². The van der Waals surface area contributed by atoms with Crippen molar-refractivity contribution in [2.45, 2.75) is 26.8 Å². The molecule has 2 rings (SSSR count). The Morgan fingerprint density at radius 1 is 1.05 bits per heavy atom. The lowest BCUT2D eigenvalue weighted by Gasteiger charge is -2.13. The summed E-state index contributed by atoms with van der Waals surface area (Å²) in [7, 11) is 1.72. The number of hydrogen-bond donors (Lipinski definition) is 1. The van der Waals surface area contributed by atoms with Crippen LogP contribution in [0.3, 0.4) is 0 Å². The van der Waals surface area contributed by atoms with Gasteiger partial charge in [0.1, 0.15) is 5.75 Å². The van der Waals surface area contributed by atoms with E-state index in [1.165, 1.54) is 16.7 Å². The zero-order valence-corrected chi connectivity index (χ0v) is 12.6. The van der Waals surface area contributed by atoms with E-state index in [1.807, 2.05) is 12.1 Å². The van der Waals surface area contributed by atoms with Crippen LogP contribution >= 0.6 is 0 Å². The van der Waals surface area contributed by atoms with Crippen LogP contribution in [-0.4, -0.2) is 13.7 Å². The highest BCUT2D eigenvalue weighted by atomic mass is 16.5. The number of para-hydroxylation sites is 1. The van der Waals surface area contributed by atoms with Crippen molar-refractivity contribution in [2.75, 3.05) is 13.7 Å². The van der Waals surface area contributed by atoms with Crippen LogP contribution in [0.15, 0.2) is 42.5 Å². The fraction of sp³-hybridized carbons (Fsp3) is 0.333. The minimum atomic E-state index is 0.913. The molecular weight excluding hydrogens is 246 g/mol. The molecule has 0 aliphatic rings. The SMILES string of the molecule is CCCNCc1ccc(C)c(-c2ccccc2OC)c1. The van der Waals surface area contributed by atoms with E-state index < -0.39 is 0 Å². The highest BCUT2D eigenvalue weighted by molar-refractivity contribution is 5.73. The fourth-order valence-corrected chi connectivity index (χ4v) is 2.35. The van der Waals surface area contributed by atoms with Gasteiger partial charge in [0, 0.05) is 12.1 Å². The molecule has 0 spiro atoms. The molecule has 0 atom stereocenters. The topological polar surface area (TPSA) is 21.3 Å². The maximum Gasteiger partial charge on any atom is 0.126 e. The normalized spacial score (nSPS) is 10.6. The van der Waals surface area contributed by atoms with Gasteiger partial charge < -0.3 is 10.1 Å². The van der Waals surface area contributed by atoms with Crippen molar-refractivity contribution < 1.29 is 4.74 Å². The quantitative estimate of drug-likeness (QED) is 0.795. The first kappa shape index (κ1) is 14.6. The van der Waals surface area contributed by atoms with Crippen molar-refractivity contribution in [2.24, 2.45) is 0 Å². The van der Waals surface area contributed by atoms with Crippen LogP contribution in [0.25, 0.3) is 11.1 Å². The first-order chi connectivity index (χ1) is 9.76. The molecule has 20 heavy (non-hydrogen) atoms. The Balaban J connectivity index is 2.32. The molecule has 2 aromatic carbocycles. The summed E-state index contributed by atoms with van der Waals surface area (Å²) in [5.41, 5.74) is 4.99. The maximum absolute atomic E-state index is 5.48. The van der Waals surface area contributed by atoms with Gasteiger partial charge in [-0.1, -0.05) is 37.3 Å². The van der Waals surface area contributed by atoms with Crippen LogP contribution in [0.4, 0.5) is 0 Å². The Bertz CT molecular complexity index is 563. The van der Waals surface area contributed by atoms with Crippen LogP contribution in [0.2, 0.25) is 0 Å². The molecule has 0 aliphatic carbocycles. The number of ether oxygens (including phenoxy) is 1. The van der Waals surface area contributed by atoms with Crippen LogP contribution in [0.1, 0.15) is 24.5 Å². The summed E-state index contributed by atoms with van der Waals surface area (Å²) in [6.07, 6.45) is 1.16. The molecule has 0 amide bonds. The van der Waals surface area contributed by atoms with Crippen molar-refractivity contribution >= 4 is 0 Å². The summed E-state index contributed by atoms with van der Waals surface area (Å²) in [6.45, 7) is 6.29. The van der Waals surface area contributed by atoms with E-state index in [0.29, 0.717) is 0 Å².